The second kappa shape index (κ2) is 7.69. The number of nitrogens with two attached hydrogens (primary N) is 1. The van der Waals surface area contributed by atoms with E-state index >= 15 is 0 Å². The van der Waals surface area contributed by atoms with Crippen LogP contribution in [0.2, 0.25) is 0 Å². The van der Waals surface area contributed by atoms with Crippen LogP contribution in [0.25, 0.3) is 0 Å². The number of primary sulfonamides is 1. The molecule has 30 heavy (non-hydrogen) atoms. The second-order valence-corrected chi connectivity index (χ2v) is 8.63. The van der Waals surface area contributed by atoms with Crippen molar-refractivity contribution >= 4 is 15.9 Å². The Hall–Kier alpha value is -2.98. The minimum absolute atomic E-state index is 0.0842. The van der Waals surface area contributed by atoms with Gasteiger partial charge in [0.15, 0.2) is 11.5 Å². The molecule has 2 aromatic carbocycles. The van der Waals surface area contributed by atoms with Gasteiger partial charge >= 0.3 is 0 Å². The molecule has 160 valence electrons. The van der Waals surface area contributed by atoms with E-state index in [1.54, 1.807) is 0 Å². The Morgan fingerprint density at radius 1 is 1.13 bits per heavy atom. The predicted octanol–water partition coefficient (Wildman–Crippen LogP) is 1.15. The minimum Gasteiger partial charge on any atom is -0.496 e. The molecule has 0 radical (unpaired) electrons. The largest absolute Gasteiger partial charge is 0.496 e. The predicted molar refractivity (Wildman–Crippen MR) is 106 cm³/mol. The van der Waals surface area contributed by atoms with Crippen LogP contribution >= 0.6 is 0 Å². The monoisotopic (exact) mass is 434 g/mol. The number of benzene rings is 2. The number of amides is 1. The molecule has 10 heteroatoms. The van der Waals surface area contributed by atoms with Crippen LogP contribution in [0.15, 0.2) is 35.2 Å². The van der Waals surface area contributed by atoms with E-state index in [4.69, 9.17) is 24.1 Å². The van der Waals surface area contributed by atoms with Crippen LogP contribution in [0.3, 0.4) is 0 Å². The van der Waals surface area contributed by atoms with E-state index in [-0.39, 0.29) is 35.7 Å². The molecule has 2 aromatic rings. The number of nitrogens with one attached hydrogen (secondary N) is 1. The highest BCUT2D eigenvalue weighted by atomic mass is 32.2. The van der Waals surface area contributed by atoms with Crippen molar-refractivity contribution in [2.45, 2.75) is 17.2 Å². The molecule has 1 amide bonds. The average Bonchev–Trinajstić information content (AvgIpc) is 3.33. The zero-order valence-corrected chi connectivity index (χ0v) is 17.3. The van der Waals surface area contributed by atoms with Gasteiger partial charge in [0.2, 0.25) is 22.7 Å². The number of ether oxygens (including phenoxy) is 4. The van der Waals surface area contributed by atoms with Crippen LogP contribution in [0.4, 0.5) is 0 Å². The van der Waals surface area contributed by atoms with E-state index < -0.39 is 15.9 Å². The van der Waals surface area contributed by atoms with Crippen molar-refractivity contribution in [3.8, 4) is 23.0 Å². The van der Waals surface area contributed by atoms with E-state index in [2.05, 4.69) is 5.32 Å². The van der Waals surface area contributed by atoms with Crippen LogP contribution in [0.1, 0.15) is 17.0 Å². The molecule has 2 aliphatic heterocycles. The van der Waals surface area contributed by atoms with Gasteiger partial charge in [-0.15, -0.1) is 0 Å². The van der Waals surface area contributed by atoms with E-state index in [1.807, 2.05) is 18.2 Å². The second-order valence-electron chi connectivity index (χ2n) is 7.10. The Kier molecular flexibility index (Phi) is 5.20. The highest BCUT2D eigenvalue weighted by molar-refractivity contribution is 7.89. The molecule has 0 spiro atoms. The molecule has 0 aliphatic carbocycles. The summed E-state index contributed by atoms with van der Waals surface area (Å²) in [5, 5.41) is 8.24. The molecule has 0 aromatic heterocycles. The van der Waals surface area contributed by atoms with Crippen molar-refractivity contribution in [2.75, 3.05) is 27.6 Å². The molecular weight excluding hydrogens is 412 g/mol. The number of carbonyl (C=O) groups is 1. The molecule has 3 N–H and O–H groups in total. The first-order chi connectivity index (χ1) is 14.3. The third-order valence-corrected chi connectivity index (χ3v) is 6.41. The van der Waals surface area contributed by atoms with Gasteiger partial charge in [-0.1, -0.05) is 6.07 Å². The SMILES string of the molecule is COc1ccc(S(N)(=O)=O)c(OC)c1CC1C(=O)NCC1c1ccc2c(c1)OCO2. The molecule has 4 rings (SSSR count). The quantitative estimate of drug-likeness (QED) is 0.698. The van der Waals surface area contributed by atoms with Gasteiger partial charge in [0.1, 0.15) is 16.4 Å². The number of rotatable bonds is 6. The van der Waals surface area contributed by atoms with Crippen LogP contribution in [-0.2, 0) is 21.2 Å². The van der Waals surface area contributed by atoms with Gasteiger partial charge in [-0.25, -0.2) is 13.6 Å². The molecule has 2 heterocycles. The summed E-state index contributed by atoms with van der Waals surface area (Å²) in [6.45, 7) is 0.613. The topological polar surface area (TPSA) is 126 Å². The first-order valence-corrected chi connectivity index (χ1v) is 10.8. The lowest BCUT2D eigenvalue weighted by Gasteiger charge is -2.21. The molecule has 2 atom stereocenters. The fourth-order valence-corrected chi connectivity index (χ4v) is 4.76. The van der Waals surface area contributed by atoms with Crippen LogP contribution in [-0.4, -0.2) is 41.9 Å². The average molecular weight is 434 g/mol. The number of hydrogen-bond acceptors (Lipinski definition) is 7. The first kappa shape index (κ1) is 20.3. The molecule has 1 fully saturated rings. The van der Waals surface area contributed by atoms with E-state index in [9.17, 15) is 13.2 Å². The molecule has 0 saturated carbocycles. The summed E-state index contributed by atoms with van der Waals surface area (Å²) in [6.07, 6.45) is 0.209. The van der Waals surface area contributed by atoms with Crippen LogP contribution in [0.5, 0.6) is 23.0 Å². The Morgan fingerprint density at radius 2 is 1.90 bits per heavy atom. The third-order valence-electron chi connectivity index (χ3n) is 5.48. The van der Waals surface area contributed by atoms with Crippen molar-refractivity contribution < 1.29 is 32.2 Å². The Balaban J connectivity index is 1.74. The maximum Gasteiger partial charge on any atom is 0.241 e. The van der Waals surface area contributed by atoms with E-state index in [0.717, 1.165) is 5.56 Å². The summed E-state index contributed by atoms with van der Waals surface area (Å²) in [5.74, 6) is 1.05. The Labute approximate surface area is 174 Å². The van der Waals surface area contributed by atoms with Crippen molar-refractivity contribution in [3.05, 3.63) is 41.5 Å². The van der Waals surface area contributed by atoms with Gasteiger partial charge in [0.05, 0.1) is 20.1 Å². The molecule has 1 saturated heterocycles. The normalized spacial score (nSPS) is 20.2. The lowest BCUT2D eigenvalue weighted by molar-refractivity contribution is -0.122. The van der Waals surface area contributed by atoms with Gasteiger partial charge in [-0.05, 0) is 36.2 Å². The fraction of sp³-hybridized carbons (Fsp3) is 0.350. The maximum absolute atomic E-state index is 12.7. The van der Waals surface area contributed by atoms with E-state index in [0.29, 0.717) is 29.4 Å². The molecule has 2 aliphatic rings. The number of methoxy groups -OCH3 is 2. The van der Waals surface area contributed by atoms with Crippen molar-refractivity contribution in [1.29, 1.82) is 0 Å². The summed E-state index contributed by atoms with van der Waals surface area (Å²) in [6, 6.07) is 8.44. The first-order valence-electron chi connectivity index (χ1n) is 9.27. The molecule has 2 unspecified atom stereocenters. The van der Waals surface area contributed by atoms with Crippen molar-refractivity contribution in [2.24, 2.45) is 11.1 Å². The van der Waals surface area contributed by atoms with Crippen molar-refractivity contribution in [1.82, 2.24) is 5.32 Å². The highest BCUT2D eigenvalue weighted by Crippen LogP contribution is 2.42. The number of hydrogen-bond donors (Lipinski definition) is 2. The summed E-state index contributed by atoms with van der Waals surface area (Å²) in [5.41, 5.74) is 1.39. The lowest BCUT2D eigenvalue weighted by Crippen LogP contribution is -2.22. The smallest absolute Gasteiger partial charge is 0.241 e. The van der Waals surface area contributed by atoms with Gasteiger partial charge in [-0.3, -0.25) is 4.79 Å². The summed E-state index contributed by atoms with van der Waals surface area (Å²) >= 11 is 0. The zero-order valence-electron chi connectivity index (χ0n) is 16.5. The Bertz CT molecular complexity index is 1100. The summed E-state index contributed by atoms with van der Waals surface area (Å²) < 4.78 is 45.6. The lowest BCUT2D eigenvalue weighted by atomic mass is 9.84. The van der Waals surface area contributed by atoms with Gasteiger partial charge in [-0.2, -0.15) is 0 Å². The van der Waals surface area contributed by atoms with Gasteiger partial charge < -0.3 is 24.3 Å². The molecule has 0 bridgehead atoms. The minimum atomic E-state index is -4.02. The standard InChI is InChI=1S/C20H22N2O7S/c1-26-15-5-6-18(30(21,24)25)19(27-2)13(15)8-12-14(9-22-20(12)23)11-3-4-16-17(7-11)29-10-28-16/h3-7,12,14H,8-10H2,1-2H3,(H,22,23)(H2,21,24,25). The maximum atomic E-state index is 12.7. The van der Waals surface area contributed by atoms with Gasteiger partial charge in [0.25, 0.3) is 0 Å². The Morgan fingerprint density at radius 3 is 2.60 bits per heavy atom. The van der Waals surface area contributed by atoms with Crippen molar-refractivity contribution in [3.63, 3.8) is 0 Å². The highest BCUT2D eigenvalue weighted by Gasteiger charge is 2.38. The van der Waals surface area contributed by atoms with Crippen LogP contribution in [0, 0.1) is 5.92 Å². The number of fused-ring (bicyclic) bond motifs is 1. The third kappa shape index (κ3) is 3.52. The molecular formula is C20H22N2O7S. The fourth-order valence-electron chi connectivity index (χ4n) is 4.04. The number of carbonyl (C=O) groups excluding carboxylic acids is 1. The number of sulfonamides is 1. The van der Waals surface area contributed by atoms with Crippen LogP contribution < -0.4 is 29.4 Å². The summed E-state index contributed by atoms with van der Waals surface area (Å²) in [7, 11) is -1.19. The zero-order chi connectivity index (χ0) is 21.5. The summed E-state index contributed by atoms with van der Waals surface area (Å²) in [4.78, 5) is 12.5. The van der Waals surface area contributed by atoms with E-state index in [1.165, 1.54) is 26.4 Å². The van der Waals surface area contributed by atoms with Gasteiger partial charge in [0, 0.05) is 18.0 Å². The molecule has 9 nitrogen and oxygen atoms in total.